The number of ketones is 1. The van der Waals surface area contributed by atoms with Crippen LogP contribution in [-0.2, 0) is 102 Å². The standard InChI is InChI=1S/C72H101N17O26/c1-5-6-7-8-9-10-11-22-53(93)81-44(25-38-31-76-42-20-15-13-17-39(38)42)65(107)83-45(27-52(75)92)66(108)85-48(30-59(102)103)68(110)89-61-37(4)115-72(114)49(26-51(91)40-18-12-14-19-41(40)74)87-67(109)47(29-58(100)101)86-69(111)50(34-90)82-55(95)33-77-70(112)60(35(2)24-56(96)97)88-62(104)36(3)79-64(106)46(28-57(98)99)84-63(105)43(21-16-23-73)80-54(94)32-78-71(61)113/h12-15,17-20,31,35-37,43-50,60-61,76,90H,5-11,16,21-30,32-34,73-74H2,1-4H3,(H2,75,92)(H,77,112)(H,78,113)(H,79,106)(H,80,94)(H,81,93)(H,82,95)(H,83,107)(H,84,105)(H,85,108)(H,86,111)(H,87,109)(H,88,104)(H,89,110)(H,96,97)(H,98,99)(H,100,101)(H,102,103)/t35-,36-,37-,43+,44+,45+,46+,47+,48+,49+,50-,60+,61+/m1/s1. The fourth-order valence-corrected chi connectivity index (χ4v) is 11.7. The zero-order valence-electron chi connectivity index (χ0n) is 63.6. The Morgan fingerprint density at radius 2 is 1.08 bits per heavy atom. The molecule has 0 saturated carbocycles. The van der Waals surface area contributed by atoms with Gasteiger partial charge in [0, 0.05) is 47.6 Å². The number of anilines is 1. The first-order valence-corrected chi connectivity index (χ1v) is 36.8. The molecule has 4 rings (SSSR count). The molecule has 1 aromatic heterocycles. The fraction of sp³-hybridized carbons (Fsp3) is 0.528. The number of H-pyrrole nitrogens is 1. The molecular weight excluding hydrogens is 1520 g/mol. The average Bonchev–Trinajstić information content (AvgIpc) is 1.75. The number of aliphatic hydroxyl groups excluding tert-OH is 1. The van der Waals surface area contributed by atoms with Gasteiger partial charge in [-0.3, -0.25) is 91.1 Å². The topological polar surface area (TPSA) is 702 Å². The van der Waals surface area contributed by atoms with Crippen LogP contribution in [0, 0.1) is 5.92 Å². The Kier molecular flexibility index (Phi) is 39.2. The van der Waals surface area contributed by atoms with Crippen molar-refractivity contribution in [3.05, 3.63) is 65.9 Å². The molecule has 1 fully saturated rings. The van der Waals surface area contributed by atoms with Crippen LogP contribution >= 0.6 is 0 Å². The van der Waals surface area contributed by atoms with Crippen LogP contribution in [0.5, 0.6) is 0 Å². The van der Waals surface area contributed by atoms with Crippen molar-refractivity contribution in [2.75, 3.05) is 32.0 Å². The zero-order valence-corrected chi connectivity index (χ0v) is 63.6. The maximum Gasteiger partial charge on any atom is 0.329 e. The van der Waals surface area contributed by atoms with Crippen LogP contribution in [0.1, 0.15) is 146 Å². The number of carboxylic acids is 4. The number of aliphatic hydroxyl groups is 1. The van der Waals surface area contributed by atoms with E-state index in [2.05, 4.69) is 70.4 Å². The minimum Gasteiger partial charge on any atom is -0.481 e. The number of hydrogen-bond acceptors (Lipinski definition) is 24. The SMILES string of the molecule is CCCCCCCCCC(=O)N[C@@H](Cc1c[nH]c2ccccc12)C(=O)N[C@@H](CC(N)=O)C(=O)N[C@@H](CC(=O)O)C(=O)N[C@@H]1C(=O)NCC(=O)N[C@@H](CCCN)C(=O)N[C@@H](CC(=O)O)C(=O)N[C@H](C)C(=O)N[C@@H]([C@H](C)CC(=O)O)C(=O)NCC(=O)N[C@H](CO)C(=O)N[C@@H](CC(=O)O)C(=O)N[C@@H](CC(=O)c2ccccc2N)C(=O)O[C@@H]1C. The number of primary amides is 1. The summed E-state index contributed by atoms with van der Waals surface area (Å²) in [6.45, 7) is 1.23. The third-order valence-electron chi connectivity index (χ3n) is 17.9. The number of nitrogens with two attached hydrogens (primary N) is 3. The molecule has 630 valence electrons. The van der Waals surface area contributed by atoms with E-state index in [1.165, 1.54) is 31.2 Å². The molecule has 3 aromatic rings. The number of hydrogen-bond donors (Lipinski definition) is 22. The molecule has 2 heterocycles. The number of aromatic nitrogens is 1. The molecule has 13 atom stereocenters. The van der Waals surface area contributed by atoms with E-state index in [1.54, 1.807) is 30.5 Å². The molecule has 0 radical (unpaired) electrons. The first-order valence-electron chi connectivity index (χ1n) is 36.8. The minimum atomic E-state index is -2.46. The van der Waals surface area contributed by atoms with Gasteiger partial charge in [0.1, 0.15) is 72.6 Å². The highest BCUT2D eigenvalue weighted by Crippen LogP contribution is 2.21. The van der Waals surface area contributed by atoms with Crippen molar-refractivity contribution < 1.29 is 126 Å². The number of para-hydroxylation sites is 2. The highest BCUT2D eigenvalue weighted by molar-refractivity contribution is 6.05. The number of carboxylic acid groups (broad SMARTS) is 4. The molecule has 1 aliphatic rings. The van der Waals surface area contributed by atoms with Gasteiger partial charge in [0.15, 0.2) is 5.78 Å². The van der Waals surface area contributed by atoms with Gasteiger partial charge in [-0.05, 0) is 69.3 Å². The van der Waals surface area contributed by atoms with E-state index < -0.39 is 261 Å². The lowest BCUT2D eigenvalue weighted by Gasteiger charge is -2.29. The number of esters is 1. The molecule has 14 amide bonds. The molecule has 0 spiro atoms. The predicted octanol–water partition coefficient (Wildman–Crippen LogP) is -5.62. The highest BCUT2D eigenvalue weighted by atomic mass is 16.5. The van der Waals surface area contributed by atoms with Gasteiger partial charge in [-0.1, -0.05) is 82.7 Å². The molecule has 25 N–H and O–H groups in total. The lowest BCUT2D eigenvalue weighted by molar-refractivity contribution is -0.156. The van der Waals surface area contributed by atoms with Crippen LogP contribution in [0.2, 0.25) is 0 Å². The number of cyclic esters (lactones) is 1. The maximum absolute atomic E-state index is 14.7. The van der Waals surface area contributed by atoms with E-state index in [1.807, 2.05) is 10.6 Å². The van der Waals surface area contributed by atoms with Gasteiger partial charge in [-0.15, -0.1) is 0 Å². The molecule has 0 unspecified atom stereocenters. The van der Waals surface area contributed by atoms with Crippen LogP contribution < -0.4 is 86.3 Å². The first-order chi connectivity index (χ1) is 54.4. The number of fused-ring (bicyclic) bond motifs is 1. The summed E-state index contributed by atoms with van der Waals surface area (Å²) in [5.41, 5.74) is 18.0. The number of aromatic amines is 1. The number of nitrogens with one attached hydrogen (secondary N) is 14. The number of amides is 14. The summed E-state index contributed by atoms with van der Waals surface area (Å²) >= 11 is 0. The average molecular weight is 1620 g/mol. The molecule has 1 aliphatic heterocycles. The van der Waals surface area contributed by atoms with Crippen LogP contribution in [0.25, 0.3) is 10.9 Å². The number of nitrogen functional groups attached to an aromatic ring is 1. The molecule has 43 nitrogen and oxygen atoms in total. The van der Waals surface area contributed by atoms with E-state index in [-0.39, 0.29) is 37.1 Å². The number of Topliss-reactive ketones (excluding diaryl/α,β-unsaturated/α-hetero) is 1. The number of rotatable bonds is 35. The number of benzene rings is 2. The van der Waals surface area contributed by atoms with E-state index in [4.69, 9.17) is 21.9 Å². The van der Waals surface area contributed by atoms with Crippen LogP contribution in [0.4, 0.5) is 5.69 Å². The van der Waals surface area contributed by atoms with Crippen molar-refractivity contribution in [1.82, 2.24) is 74.1 Å². The predicted molar refractivity (Wildman–Crippen MR) is 400 cm³/mol. The molecule has 0 bridgehead atoms. The third kappa shape index (κ3) is 32.5. The summed E-state index contributed by atoms with van der Waals surface area (Å²) in [5.74, 6) is -29.6. The van der Waals surface area contributed by atoms with Crippen molar-refractivity contribution in [3.63, 3.8) is 0 Å². The van der Waals surface area contributed by atoms with E-state index >= 15 is 0 Å². The van der Waals surface area contributed by atoms with Gasteiger partial charge in [0.25, 0.3) is 0 Å². The number of carbonyl (C=O) groups is 20. The Bertz CT molecular complexity index is 4040. The van der Waals surface area contributed by atoms with Crippen LogP contribution in [-0.4, -0.2) is 248 Å². The maximum atomic E-state index is 14.7. The number of ether oxygens (including phenoxy) is 1. The summed E-state index contributed by atoms with van der Waals surface area (Å²) in [7, 11) is 0. The molecule has 0 aliphatic carbocycles. The molecule has 115 heavy (non-hydrogen) atoms. The van der Waals surface area contributed by atoms with Gasteiger partial charge in [0.2, 0.25) is 82.7 Å². The summed E-state index contributed by atoms with van der Waals surface area (Å²) < 4.78 is 5.63. The Morgan fingerprint density at radius 1 is 0.548 bits per heavy atom. The van der Waals surface area contributed by atoms with E-state index in [0.717, 1.165) is 46.0 Å². The smallest absolute Gasteiger partial charge is 0.329 e. The second-order valence-electron chi connectivity index (χ2n) is 27.2. The van der Waals surface area contributed by atoms with Crippen LogP contribution in [0.3, 0.4) is 0 Å². The molecule has 2 aromatic carbocycles. The summed E-state index contributed by atoms with van der Waals surface area (Å²) in [6, 6.07) is -10.6. The Balaban J connectivity index is 1.86. The van der Waals surface area contributed by atoms with Gasteiger partial charge in [-0.25, -0.2) is 4.79 Å². The monoisotopic (exact) mass is 1620 g/mol. The summed E-state index contributed by atoms with van der Waals surface area (Å²) in [5, 5.41) is 78.7. The summed E-state index contributed by atoms with van der Waals surface area (Å²) in [6.07, 6.45) is -2.40. The molecule has 1 saturated heterocycles. The second-order valence-corrected chi connectivity index (χ2v) is 27.2. The van der Waals surface area contributed by atoms with E-state index in [9.17, 15) is 121 Å². The lowest BCUT2D eigenvalue weighted by Crippen LogP contribution is -2.61. The quantitative estimate of drug-likeness (QED) is 0.0113. The van der Waals surface area contributed by atoms with Crippen molar-refractivity contribution in [2.24, 2.45) is 17.4 Å². The Labute approximate surface area is 657 Å². The number of aliphatic carboxylic acids is 4. The van der Waals surface area contributed by atoms with Crippen molar-refractivity contribution in [3.8, 4) is 0 Å². The van der Waals surface area contributed by atoms with Crippen LogP contribution in [0.15, 0.2) is 54.7 Å². The van der Waals surface area contributed by atoms with Crippen molar-refractivity contribution in [2.45, 2.75) is 209 Å². The highest BCUT2D eigenvalue weighted by Gasteiger charge is 2.41. The number of carbonyl (C=O) groups excluding carboxylic acids is 16. The Morgan fingerprint density at radius 3 is 1.66 bits per heavy atom. The summed E-state index contributed by atoms with van der Waals surface area (Å²) in [4.78, 5) is 276. The van der Waals surface area contributed by atoms with Gasteiger partial charge < -0.3 is 122 Å². The Hall–Kier alpha value is -12.7. The largest absolute Gasteiger partial charge is 0.481 e. The minimum absolute atomic E-state index is 0.0192. The molecular formula is C72H101N17O26. The van der Waals surface area contributed by atoms with Gasteiger partial charge >= 0.3 is 29.8 Å². The zero-order chi connectivity index (χ0) is 85.8. The van der Waals surface area contributed by atoms with Gasteiger partial charge in [0.05, 0.1) is 51.8 Å². The third-order valence-corrected chi connectivity index (χ3v) is 17.9. The van der Waals surface area contributed by atoms with Crippen molar-refractivity contribution in [1.29, 1.82) is 0 Å². The fourth-order valence-electron chi connectivity index (χ4n) is 11.7. The molecule has 43 heteroatoms. The second kappa shape index (κ2) is 47.6. The normalized spacial score (nSPS) is 21.2. The lowest BCUT2D eigenvalue weighted by atomic mass is 9.97. The van der Waals surface area contributed by atoms with E-state index in [0.29, 0.717) is 29.3 Å². The van der Waals surface area contributed by atoms with Crippen molar-refractivity contribution >= 4 is 135 Å². The number of unbranched alkanes of at least 4 members (excludes halogenated alkanes) is 6. The van der Waals surface area contributed by atoms with Gasteiger partial charge in [-0.2, -0.15) is 0 Å². The first kappa shape index (κ1) is 94.7.